The van der Waals surface area contributed by atoms with Crippen LogP contribution in [-0.2, 0) is 31.5 Å². The van der Waals surface area contributed by atoms with Crippen LogP contribution in [0.1, 0.15) is 0 Å². The summed E-state index contributed by atoms with van der Waals surface area (Å²) in [4.78, 5) is 21.7. The molecule has 1 radical (unpaired) electrons. The molecule has 3 heterocycles. The standard InChI is InChI=1S/C14H18N5O3S.Re/c1-16(2)14(20)18-7-5-17(6-8-18)12-9-11(23(21)22)10-19-4-3-15-13(12)19;/h4,9-10H,5-8H2,1-2H3,(H,21,22);/q-1;/p-1. The maximum absolute atomic E-state index is 12.0. The van der Waals surface area contributed by atoms with Gasteiger partial charge >= 0.3 is 6.03 Å². The number of amides is 2. The molecule has 3 rings (SSSR count). The van der Waals surface area contributed by atoms with Gasteiger partial charge in [0.1, 0.15) is 0 Å². The average molecular weight is 522 g/mol. The molecule has 131 valence electrons. The molecule has 2 aromatic rings. The fraction of sp³-hybridized carbons (Fsp3) is 0.429. The van der Waals surface area contributed by atoms with Gasteiger partial charge < -0.3 is 28.6 Å². The zero-order valence-corrected chi connectivity index (χ0v) is 16.8. The molecule has 8 nitrogen and oxygen atoms in total. The van der Waals surface area contributed by atoms with Crippen molar-refractivity contribution in [2.45, 2.75) is 4.90 Å². The van der Waals surface area contributed by atoms with Gasteiger partial charge in [-0.25, -0.2) is 4.79 Å². The minimum absolute atomic E-state index is 0. The van der Waals surface area contributed by atoms with Gasteiger partial charge in [0.25, 0.3) is 0 Å². The molecule has 1 atom stereocenters. The van der Waals surface area contributed by atoms with Crippen LogP contribution in [0, 0.1) is 6.20 Å². The van der Waals surface area contributed by atoms with Gasteiger partial charge in [-0.1, -0.05) is 6.20 Å². The van der Waals surface area contributed by atoms with Crippen LogP contribution in [0.15, 0.2) is 23.4 Å². The van der Waals surface area contributed by atoms with Crippen molar-refractivity contribution >= 4 is 28.4 Å². The fourth-order valence-corrected chi connectivity index (χ4v) is 3.09. The molecule has 1 aliphatic heterocycles. The third kappa shape index (κ3) is 3.62. The molecule has 0 saturated carbocycles. The van der Waals surface area contributed by atoms with Gasteiger partial charge in [0.15, 0.2) is 0 Å². The Hall–Kier alpha value is -1.47. The number of fused-ring (bicyclic) bond motifs is 1. The monoisotopic (exact) mass is 522 g/mol. The first kappa shape index (κ1) is 18.9. The van der Waals surface area contributed by atoms with Gasteiger partial charge in [-0.05, 0) is 22.8 Å². The van der Waals surface area contributed by atoms with Crippen LogP contribution in [0.3, 0.4) is 0 Å². The van der Waals surface area contributed by atoms with E-state index in [2.05, 4.69) is 11.2 Å². The number of imidazole rings is 1. The summed E-state index contributed by atoms with van der Waals surface area (Å²) >= 11 is -2.31. The topological polar surface area (TPSA) is 84.2 Å². The fourth-order valence-electron chi connectivity index (χ4n) is 2.68. The molecule has 0 spiro atoms. The summed E-state index contributed by atoms with van der Waals surface area (Å²) in [6, 6.07) is 1.60. The predicted octanol–water partition coefficient (Wildman–Crippen LogP) is 0.174. The summed E-state index contributed by atoms with van der Waals surface area (Å²) in [6.07, 6.45) is 5.85. The molecule has 0 aliphatic carbocycles. The predicted molar refractivity (Wildman–Crippen MR) is 84.1 cm³/mol. The molecular formula is C14H17N5O3ReS-2. The summed E-state index contributed by atoms with van der Waals surface area (Å²) < 4.78 is 24.2. The Bertz CT molecular complexity index is 758. The molecule has 2 amide bonds. The molecule has 2 aromatic heterocycles. The van der Waals surface area contributed by atoms with E-state index in [0.717, 1.165) is 5.69 Å². The van der Waals surface area contributed by atoms with Gasteiger partial charge in [-0.2, -0.15) is 0 Å². The van der Waals surface area contributed by atoms with E-state index in [-0.39, 0.29) is 31.3 Å². The van der Waals surface area contributed by atoms with Crippen molar-refractivity contribution in [1.82, 2.24) is 19.2 Å². The van der Waals surface area contributed by atoms with Crippen molar-refractivity contribution in [3.05, 3.63) is 24.7 Å². The van der Waals surface area contributed by atoms with E-state index in [4.69, 9.17) is 0 Å². The largest absolute Gasteiger partial charge is 0.768 e. The van der Waals surface area contributed by atoms with Crippen molar-refractivity contribution in [3.8, 4) is 0 Å². The number of piperazine rings is 1. The van der Waals surface area contributed by atoms with Crippen LogP contribution >= 0.6 is 0 Å². The number of rotatable bonds is 2. The van der Waals surface area contributed by atoms with Gasteiger partial charge in [-0.3, -0.25) is 4.21 Å². The second-order valence-corrected chi connectivity index (χ2v) is 6.49. The van der Waals surface area contributed by atoms with Crippen LogP contribution in [0.4, 0.5) is 10.5 Å². The van der Waals surface area contributed by atoms with E-state index < -0.39 is 11.1 Å². The minimum atomic E-state index is -2.31. The molecule has 1 aliphatic rings. The van der Waals surface area contributed by atoms with Crippen molar-refractivity contribution in [2.75, 3.05) is 45.2 Å². The molecule has 10 heteroatoms. The number of urea groups is 1. The number of pyridine rings is 1. The smallest absolute Gasteiger partial charge is 0.319 e. The summed E-state index contributed by atoms with van der Waals surface area (Å²) in [5, 5.41) is 0. The van der Waals surface area contributed by atoms with Gasteiger partial charge in [0.05, 0.1) is 0 Å². The van der Waals surface area contributed by atoms with Crippen LogP contribution in [0.2, 0.25) is 0 Å². The number of hydrogen-bond acceptors (Lipinski definition) is 5. The van der Waals surface area contributed by atoms with Crippen LogP contribution < -0.4 is 4.90 Å². The maximum atomic E-state index is 12.0. The third-order valence-corrected chi connectivity index (χ3v) is 4.46. The quantitative estimate of drug-likeness (QED) is 0.416. The molecule has 1 unspecified atom stereocenters. The first-order valence-electron chi connectivity index (χ1n) is 7.16. The Morgan fingerprint density at radius 3 is 2.58 bits per heavy atom. The van der Waals surface area contributed by atoms with Crippen molar-refractivity contribution in [2.24, 2.45) is 0 Å². The number of carbonyl (C=O) groups is 1. The number of nitrogens with zero attached hydrogens (tertiary/aromatic N) is 5. The van der Waals surface area contributed by atoms with Gasteiger partial charge in [0, 0.05) is 77.4 Å². The number of hydrogen-bond donors (Lipinski definition) is 0. The zero-order chi connectivity index (χ0) is 16.6. The second-order valence-electron chi connectivity index (χ2n) is 5.55. The van der Waals surface area contributed by atoms with E-state index in [1.165, 1.54) is 6.20 Å². The van der Waals surface area contributed by atoms with Crippen molar-refractivity contribution in [1.29, 1.82) is 0 Å². The van der Waals surface area contributed by atoms with E-state index in [1.54, 1.807) is 40.6 Å². The Balaban J connectivity index is 0.00000208. The Kier molecular flexibility index (Phi) is 5.98. The molecule has 0 bridgehead atoms. The third-order valence-electron chi connectivity index (χ3n) is 3.85. The summed E-state index contributed by atoms with van der Waals surface area (Å²) in [7, 11) is 3.46. The van der Waals surface area contributed by atoms with Crippen LogP contribution in [-0.4, -0.2) is 74.3 Å². The Morgan fingerprint density at radius 2 is 2.00 bits per heavy atom. The van der Waals surface area contributed by atoms with E-state index in [1.807, 2.05) is 4.90 Å². The second kappa shape index (κ2) is 7.61. The number of aromatic nitrogens is 2. The van der Waals surface area contributed by atoms with E-state index >= 15 is 0 Å². The normalized spacial score (nSPS) is 16.0. The average Bonchev–Trinajstić information content (AvgIpc) is 3.01. The summed E-state index contributed by atoms with van der Waals surface area (Å²) in [5.74, 6) is 0. The molecule has 24 heavy (non-hydrogen) atoms. The first-order valence-corrected chi connectivity index (χ1v) is 8.24. The Labute approximate surface area is 156 Å². The summed E-state index contributed by atoms with van der Waals surface area (Å²) in [6.45, 7) is 2.41. The molecular weight excluding hydrogens is 504 g/mol. The first-order chi connectivity index (χ1) is 11.0. The molecule has 0 aromatic carbocycles. The molecule has 1 saturated heterocycles. The Morgan fingerprint density at radius 1 is 1.33 bits per heavy atom. The van der Waals surface area contributed by atoms with Gasteiger partial charge in [-0.15, -0.1) is 6.20 Å². The maximum Gasteiger partial charge on any atom is 0.319 e. The van der Waals surface area contributed by atoms with Gasteiger partial charge in [0.2, 0.25) is 0 Å². The summed E-state index contributed by atoms with van der Waals surface area (Å²) in [5.41, 5.74) is 1.40. The van der Waals surface area contributed by atoms with E-state index in [0.29, 0.717) is 31.8 Å². The zero-order valence-electron chi connectivity index (χ0n) is 13.3. The number of carbonyl (C=O) groups excluding carboxylic acids is 1. The SMILES string of the molecule is CN(C)C(=O)N1CCN(c2cc(S(=O)[O-])cn3c[c-]nc23)CC1.[Re]. The van der Waals surface area contributed by atoms with Crippen molar-refractivity contribution < 1.29 is 34.0 Å². The molecule has 1 fully saturated rings. The molecule has 0 N–H and O–H groups in total. The van der Waals surface area contributed by atoms with E-state index in [9.17, 15) is 13.6 Å². The number of anilines is 1. The minimum Gasteiger partial charge on any atom is -0.768 e. The van der Waals surface area contributed by atoms with Crippen LogP contribution in [0.5, 0.6) is 0 Å². The van der Waals surface area contributed by atoms with Crippen molar-refractivity contribution in [3.63, 3.8) is 0 Å². The van der Waals surface area contributed by atoms with Crippen LogP contribution in [0.25, 0.3) is 5.65 Å².